The Morgan fingerprint density at radius 1 is 1.00 bits per heavy atom. The van der Waals surface area contributed by atoms with Gasteiger partial charge in [-0.3, -0.25) is 0 Å². The minimum atomic E-state index is 0.418. The lowest BCUT2D eigenvalue weighted by Gasteiger charge is -2.06. The van der Waals surface area contributed by atoms with Gasteiger partial charge < -0.3 is 14.0 Å². The van der Waals surface area contributed by atoms with Crippen molar-refractivity contribution in [3.8, 4) is 23.4 Å². The highest BCUT2D eigenvalue weighted by atomic mass is 35.5. The van der Waals surface area contributed by atoms with E-state index >= 15 is 0 Å². The first-order chi connectivity index (χ1) is 10.1. The topological polar surface area (TPSA) is 62.1 Å². The fourth-order valence-corrected chi connectivity index (χ4v) is 2.25. The smallest absolute Gasteiger partial charge is 0.220 e. The molecule has 6 nitrogen and oxygen atoms in total. The van der Waals surface area contributed by atoms with E-state index in [-0.39, 0.29) is 0 Å². The van der Waals surface area contributed by atoms with Gasteiger partial charge in [0.1, 0.15) is 0 Å². The highest BCUT2D eigenvalue weighted by Crippen LogP contribution is 2.26. The van der Waals surface area contributed by atoms with Gasteiger partial charge in [-0.2, -0.15) is 9.97 Å². The number of nitrogens with zero attached hydrogens (tertiary/aromatic N) is 4. The number of rotatable bonds is 3. The van der Waals surface area contributed by atoms with Crippen LogP contribution in [0.2, 0.25) is 5.02 Å². The van der Waals surface area contributed by atoms with Crippen LogP contribution in [0.5, 0.6) is 11.8 Å². The first-order valence-corrected chi connectivity index (χ1v) is 6.59. The van der Waals surface area contributed by atoms with Gasteiger partial charge in [-0.15, -0.1) is 0 Å². The number of hydrogen-bond acceptors (Lipinski definition) is 5. The lowest BCUT2D eigenvalue weighted by atomic mass is 10.3. The molecule has 2 aromatic heterocycles. The fourth-order valence-electron chi connectivity index (χ4n) is 2.09. The van der Waals surface area contributed by atoms with Gasteiger partial charge in [0.05, 0.1) is 31.3 Å². The molecule has 108 valence electrons. The predicted octanol–water partition coefficient (Wildman–Crippen LogP) is 2.70. The number of aromatic nitrogens is 4. The maximum atomic E-state index is 6.00. The zero-order valence-electron chi connectivity index (χ0n) is 11.8. The summed E-state index contributed by atoms with van der Waals surface area (Å²) >= 11 is 6.00. The van der Waals surface area contributed by atoms with E-state index < -0.39 is 0 Å². The van der Waals surface area contributed by atoms with E-state index in [0.29, 0.717) is 28.4 Å². The van der Waals surface area contributed by atoms with Gasteiger partial charge in [0, 0.05) is 12.1 Å². The molecule has 0 spiro atoms. The lowest BCUT2D eigenvalue weighted by molar-refractivity contribution is 0.372. The van der Waals surface area contributed by atoms with Crippen LogP contribution in [0.1, 0.15) is 0 Å². The summed E-state index contributed by atoms with van der Waals surface area (Å²) in [5.41, 5.74) is 1.73. The van der Waals surface area contributed by atoms with Crippen LogP contribution in [-0.2, 0) is 7.05 Å². The van der Waals surface area contributed by atoms with E-state index in [0.717, 1.165) is 11.0 Å². The first kappa shape index (κ1) is 13.6. The monoisotopic (exact) mass is 304 g/mol. The molecule has 1 aromatic carbocycles. The van der Waals surface area contributed by atoms with Gasteiger partial charge in [-0.05, 0) is 18.2 Å². The van der Waals surface area contributed by atoms with Crippen LogP contribution in [-0.4, -0.2) is 33.7 Å². The third-order valence-corrected chi connectivity index (χ3v) is 3.38. The quantitative estimate of drug-likeness (QED) is 0.744. The molecule has 0 aliphatic heterocycles. The summed E-state index contributed by atoms with van der Waals surface area (Å²) < 4.78 is 12.2. The summed E-state index contributed by atoms with van der Waals surface area (Å²) in [7, 11) is 4.98. The highest BCUT2D eigenvalue weighted by Gasteiger charge is 2.15. The Labute approximate surface area is 126 Å². The van der Waals surface area contributed by atoms with Gasteiger partial charge in [-0.1, -0.05) is 11.6 Å². The summed E-state index contributed by atoms with van der Waals surface area (Å²) in [6.45, 7) is 0. The van der Waals surface area contributed by atoms with Crippen molar-refractivity contribution in [2.75, 3.05) is 14.2 Å². The number of aryl methyl sites for hydroxylation is 1. The van der Waals surface area contributed by atoms with Crippen molar-refractivity contribution in [3.63, 3.8) is 0 Å². The Hall–Kier alpha value is -2.34. The first-order valence-electron chi connectivity index (χ1n) is 6.22. The molecule has 3 aromatic rings. The second kappa shape index (κ2) is 5.21. The van der Waals surface area contributed by atoms with Crippen molar-refractivity contribution in [2.24, 2.45) is 7.05 Å². The SMILES string of the molecule is COc1cc(OC)nc(-c2nc3cc(Cl)ccc3n2C)n1. The molecule has 0 bridgehead atoms. The lowest BCUT2D eigenvalue weighted by Crippen LogP contribution is -2.01. The Bertz CT molecular complexity index is 794. The number of halogens is 1. The van der Waals surface area contributed by atoms with E-state index in [1.54, 1.807) is 26.4 Å². The van der Waals surface area contributed by atoms with Crippen LogP contribution >= 0.6 is 11.6 Å². The van der Waals surface area contributed by atoms with Crippen molar-refractivity contribution in [2.45, 2.75) is 0 Å². The van der Waals surface area contributed by atoms with Crippen LogP contribution in [0.4, 0.5) is 0 Å². The third kappa shape index (κ3) is 2.38. The Morgan fingerprint density at radius 3 is 2.29 bits per heavy atom. The average molecular weight is 305 g/mol. The molecular formula is C14H13ClN4O2. The van der Waals surface area contributed by atoms with Crippen molar-refractivity contribution >= 4 is 22.6 Å². The van der Waals surface area contributed by atoms with Crippen molar-refractivity contribution in [1.29, 1.82) is 0 Å². The van der Waals surface area contributed by atoms with E-state index in [9.17, 15) is 0 Å². The van der Waals surface area contributed by atoms with Crippen LogP contribution in [0.15, 0.2) is 24.3 Å². The summed E-state index contributed by atoms with van der Waals surface area (Å²) in [6.07, 6.45) is 0. The summed E-state index contributed by atoms with van der Waals surface area (Å²) in [5, 5.41) is 0.635. The van der Waals surface area contributed by atoms with E-state index in [1.807, 2.05) is 23.7 Å². The summed E-state index contributed by atoms with van der Waals surface area (Å²) in [6, 6.07) is 7.15. The number of methoxy groups -OCH3 is 2. The molecule has 0 saturated heterocycles. The maximum Gasteiger partial charge on any atom is 0.220 e. The van der Waals surface area contributed by atoms with E-state index in [2.05, 4.69) is 15.0 Å². The van der Waals surface area contributed by atoms with Crippen LogP contribution in [0.3, 0.4) is 0 Å². The fraction of sp³-hybridized carbons (Fsp3) is 0.214. The molecule has 0 radical (unpaired) electrons. The van der Waals surface area contributed by atoms with Crippen LogP contribution in [0.25, 0.3) is 22.7 Å². The Morgan fingerprint density at radius 2 is 1.67 bits per heavy atom. The van der Waals surface area contributed by atoms with E-state index in [1.165, 1.54) is 0 Å². The van der Waals surface area contributed by atoms with Crippen LogP contribution in [0, 0.1) is 0 Å². The zero-order chi connectivity index (χ0) is 15.0. The molecule has 0 fully saturated rings. The van der Waals surface area contributed by atoms with Crippen molar-refractivity contribution in [1.82, 2.24) is 19.5 Å². The molecule has 3 rings (SSSR count). The van der Waals surface area contributed by atoms with Gasteiger partial charge >= 0.3 is 0 Å². The molecule has 0 amide bonds. The van der Waals surface area contributed by atoms with Gasteiger partial charge in [0.15, 0.2) is 5.82 Å². The number of benzene rings is 1. The number of hydrogen-bond donors (Lipinski definition) is 0. The molecule has 21 heavy (non-hydrogen) atoms. The zero-order valence-corrected chi connectivity index (χ0v) is 12.5. The second-order valence-electron chi connectivity index (χ2n) is 4.40. The molecule has 0 N–H and O–H groups in total. The summed E-state index contributed by atoms with van der Waals surface area (Å²) in [5.74, 6) is 1.88. The summed E-state index contributed by atoms with van der Waals surface area (Å²) in [4.78, 5) is 13.2. The van der Waals surface area contributed by atoms with Gasteiger partial charge in [0.25, 0.3) is 0 Å². The molecular weight excluding hydrogens is 292 g/mol. The van der Waals surface area contributed by atoms with Gasteiger partial charge in [-0.25, -0.2) is 4.98 Å². The minimum Gasteiger partial charge on any atom is -0.481 e. The normalized spacial score (nSPS) is 10.9. The number of ether oxygens (including phenoxy) is 2. The third-order valence-electron chi connectivity index (χ3n) is 3.14. The molecule has 0 unspecified atom stereocenters. The van der Waals surface area contributed by atoms with Gasteiger partial charge in [0.2, 0.25) is 17.6 Å². The molecule has 0 saturated carbocycles. The molecule has 2 heterocycles. The number of fused-ring (bicyclic) bond motifs is 1. The van der Waals surface area contributed by atoms with Crippen LogP contribution < -0.4 is 9.47 Å². The maximum absolute atomic E-state index is 6.00. The molecule has 7 heteroatoms. The predicted molar refractivity (Wildman–Crippen MR) is 79.9 cm³/mol. The Kier molecular flexibility index (Phi) is 3.39. The standard InChI is InChI=1S/C14H13ClN4O2/c1-19-10-5-4-8(15)6-9(10)16-14(19)13-17-11(20-2)7-12(18-13)21-3/h4-7H,1-3H3. The van der Waals surface area contributed by atoms with Crippen molar-refractivity contribution in [3.05, 3.63) is 29.3 Å². The largest absolute Gasteiger partial charge is 0.481 e. The number of imidazole rings is 1. The second-order valence-corrected chi connectivity index (χ2v) is 4.84. The van der Waals surface area contributed by atoms with E-state index in [4.69, 9.17) is 21.1 Å². The molecule has 0 aliphatic carbocycles. The minimum absolute atomic E-state index is 0.418. The average Bonchev–Trinajstić information content (AvgIpc) is 2.83. The molecule has 0 aliphatic rings. The van der Waals surface area contributed by atoms with Crippen molar-refractivity contribution < 1.29 is 9.47 Å². The highest BCUT2D eigenvalue weighted by molar-refractivity contribution is 6.31. The Balaban J connectivity index is 2.22. The molecule has 0 atom stereocenters.